The number of carbonyl (C=O) groups excluding carboxylic acids is 1. The van der Waals surface area contributed by atoms with Gasteiger partial charge in [-0.15, -0.1) is 12.4 Å². The highest BCUT2D eigenvalue weighted by Gasteiger charge is 2.24. The van der Waals surface area contributed by atoms with Crippen molar-refractivity contribution in [3.05, 3.63) is 81.5 Å². The molecule has 0 fully saturated rings. The first kappa shape index (κ1) is 27.9. The largest absolute Gasteiger partial charge is 0.493 e. The van der Waals surface area contributed by atoms with Crippen molar-refractivity contribution in [2.24, 2.45) is 5.73 Å². The van der Waals surface area contributed by atoms with E-state index in [9.17, 15) is 9.59 Å². The number of methoxy groups -OCH3 is 1. The summed E-state index contributed by atoms with van der Waals surface area (Å²) in [6, 6.07) is 13.8. The third-order valence-corrected chi connectivity index (χ3v) is 4.96. The number of benzene rings is 2. The Hall–Kier alpha value is -3.33. The van der Waals surface area contributed by atoms with Crippen LogP contribution in [0.15, 0.2) is 59.7 Å². The SMILES string of the molecule is COc1cc(-n2cnc(/C=C/c3ccc(Cl)cc3)cc2=O)ccc1OCC(C)(C)OC(=O)CN.Cl. The molecule has 0 unspecified atom stereocenters. The third kappa shape index (κ3) is 7.85. The average molecular weight is 520 g/mol. The van der Waals surface area contributed by atoms with E-state index in [1.165, 1.54) is 24.1 Å². The Morgan fingerprint density at radius 2 is 1.83 bits per heavy atom. The van der Waals surface area contributed by atoms with Crippen LogP contribution in [0.3, 0.4) is 0 Å². The van der Waals surface area contributed by atoms with Crippen LogP contribution >= 0.6 is 24.0 Å². The van der Waals surface area contributed by atoms with E-state index in [0.29, 0.717) is 27.9 Å². The first-order chi connectivity index (χ1) is 16.2. The highest BCUT2D eigenvalue weighted by atomic mass is 35.5. The Morgan fingerprint density at radius 1 is 1.11 bits per heavy atom. The quantitative estimate of drug-likeness (QED) is 0.423. The summed E-state index contributed by atoms with van der Waals surface area (Å²) in [5.41, 5.74) is 6.19. The number of carbonyl (C=O) groups is 1. The molecule has 0 atom stereocenters. The van der Waals surface area contributed by atoms with Crippen LogP contribution in [-0.2, 0) is 9.53 Å². The van der Waals surface area contributed by atoms with Gasteiger partial charge in [0.25, 0.3) is 5.56 Å². The van der Waals surface area contributed by atoms with Crippen molar-refractivity contribution in [2.75, 3.05) is 20.3 Å². The van der Waals surface area contributed by atoms with Gasteiger partial charge < -0.3 is 19.9 Å². The molecule has 0 radical (unpaired) electrons. The van der Waals surface area contributed by atoms with E-state index in [2.05, 4.69) is 4.98 Å². The molecule has 1 heterocycles. The van der Waals surface area contributed by atoms with Gasteiger partial charge in [-0.25, -0.2) is 4.98 Å². The molecule has 0 spiro atoms. The Balaban J connectivity index is 0.00000432. The number of ether oxygens (including phenoxy) is 3. The van der Waals surface area contributed by atoms with E-state index in [0.717, 1.165) is 5.56 Å². The van der Waals surface area contributed by atoms with Crippen molar-refractivity contribution in [1.29, 1.82) is 0 Å². The van der Waals surface area contributed by atoms with Crippen molar-refractivity contribution in [1.82, 2.24) is 9.55 Å². The Kier molecular flexibility index (Phi) is 9.89. The minimum atomic E-state index is -0.879. The molecule has 2 aromatic carbocycles. The fourth-order valence-electron chi connectivity index (χ4n) is 3.01. The molecule has 0 saturated heterocycles. The molecule has 2 N–H and O–H groups in total. The standard InChI is InChI=1S/C25H26ClN3O5.ClH/c1-25(2,34-24(31)14-27)15-33-21-11-10-20(13-22(21)32-3)29-16-28-19(12-23(29)30)9-6-17-4-7-18(26)8-5-17;/h4-13,16H,14-15,27H2,1-3H3;1H/b9-6+;. The van der Waals surface area contributed by atoms with Crippen LogP contribution in [0.4, 0.5) is 0 Å². The van der Waals surface area contributed by atoms with Gasteiger partial charge in [-0.3, -0.25) is 14.2 Å². The van der Waals surface area contributed by atoms with Gasteiger partial charge in [0.2, 0.25) is 0 Å². The van der Waals surface area contributed by atoms with Crippen LogP contribution < -0.4 is 20.8 Å². The first-order valence-corrected chi connectivity index (χ1v) is 10.8. The second kappa shape index (κ2) is 12.4. The first-order valence-electron chi connectivity index (χ1n) is 10.5. The van der Waals surface area contributed by atoms with Crippen molar-refractivity contribution in [2.45, 2.75) is 19.4 Å². The van der Waals surface area contributed by atoms with Crippen molar-refractivity contribution < 1.29 is 19.0 Å². The van der Waals surface area contributed by atoms with E-state index in [1.807, 2.05) is 18.2 Å². The molecule has 3 rings (SSSR count). The summed E-state index contributed by atoms with van der Waals surface area (Å²) < 4.78 is 17.9. The summed E-state index contributed by atoms with van der Waals surface area (Å²) in [5, 5.41) is 0.656. The number of rotatable bonds is 9. The molecule has 8 nitrogen and oxygen atoms in total. The number of hydrogen-bond acceptors (Lipinski definition) is 7. The Morgan fingerprint density at radius 3 is 2.46 bits per heavy atom. The highest BCUT2D eigenvalue weighted by molar-refractivity contribution is 6.30. The predicted molar refractivity (Wildman–Crippen MR) is 139 cm³/mol. The monoisotopic (exact) mass is 519 g/mol. The number of aromatic nitrogens is 2. The normalized spacial score (nSPS) is 11.1. The fraction of sp³-hybridized carbons (Fsp3) is 0.240. The second-order valence-corrected chi connectivity index (χ2v) is 8.41. The van der Waals surface area contributed by atoms with Crippen LogP contribution in [0.2, 0.25) is 5.02 Å². The van der Waals surface area contributed by atoms with Gasteiger partial charge in [-0.05, 0) is 49.8 Å². The van der Waals surface area contributed by atoms with Crippen LogP contribution in [-0.4, -0.2) is 41.4 Å². The van der Waals surface area contributed by atoms with Crippen molar-refractivity contribution in [3.63, 3.8) is 0 Å². The van der Waals surface area contributed by atoms with Gasteiger partial charge >= 0.3 is 5.97 Å². The lowest BCUT2D eigenvalue weighted by Gasteiger charge is -2.25. The van der Waals surface area contributed by atoms with Crippen LogP contribution in [0.1, 0.15) is 25.1 Å². The zero-order valence-electron chi connectivity index (χ0n) is 19.6. The predicted octanol–water partition coefficient (Wildman–Crippen LogP) is 4.15. The summed E-state index contributed by atoms with van der Waals surface area (Å²) in [7, 11) is 1.50. The van der Waals surface area contributed by atoms with E-state index in [-0.39, 0.29) is 31.1 Å². The van der Waals surface area contributed by atoms with E-state index in [1.54, 1.807) is 50.3 Å². The molecule has 0 saturated carbocycles. The smallest absolute Gasteiger partial charge is 0.320 e. The molecule has 186 valence electrons. The summed E-state index contributed by atoms with van der Waals surface area (Å²) in [6.45, 7) is 3.32. The molecule has 0 aliphatic carbocycles. The minimum Gasteiger partial charge on any atom is -0.493 e. The van der Waals surface area contributed by atoms with E-state index >= 15 is 0 Å². The van der Waals surface area contributed by atoms with Crippen LogP contribution in [0.25, 0.3) is 17.8 Å². The van der Waals surface area contributed by atoms with Gasteiger partial charge in [0.15, 0.2) is 11.5 Å². The zero-order valence-corrected chi connectivity index (χ0v) is 21.1. The molecule has 35 heavy (non-hydrogen) atoms. The van der Waals surface area contributed by atoms with Gasteiger partial charge in [-0.1, -0.05) is 29.8 Å². The van der Waals surface area contributed by atoms with Gasteiger partial charge in [0.05, 0.1) is 25.0 Å². The maximum absolute atomic E-state index is 12.7. The van der Waals surface area contributed by atoms with Crippen molar-refractivity contribution >= 4 is 42.1 Å². The minimum absolute atomic E-state index is 0. The van der Waals surface area contributed by atoms with E-state index < -0.39 is 11.6 Å². The summed E-state index contributed by atoms with van der Waals surface area (Å²) in [6.07, 6.45) is 5.06. The molecule has 0 aliphatic rings. The zero-order chi connectivity index (χ0) is 24.7. The number of nitrogens with two attached hydrogens (primary N) is 1. The second-order valence-electron chi connectivity index (χ2n) is 7.97. The average Bonchev–Trinajstić information content (AvgIpc) is 2.82. The molecule has 10 heteroatoms. The number of hydrogen-bond donors (Lipinski definition) is 1. The Labute approximate surface area is 214 Å². The molecule has 0 amide bonds. The topological polar surface area (TPSA) is 106 Å². The molecular weight excluding hydrogens is 493 g/mol. The van der Waals surface area contributed by atoms with Gasteiger partial charge in [-0.2, -0.15) is 0 Å². The molecular formula is C25H27Cl2N3O5. The summed E-state index contributed by atoms with van der Waals surface area (Å²) >= 11 is 5.90. The molecule has 1 aromatic heterocycles. The van der Waals surface area contributed by atoms with E-state index in [4.69, 9.17) is 31.5 Å². The fourth-order valence-corrected chi connectivity index (χ4v) is 3.14. The summed E-state index contributed by atoms with van der Waals surface area (Å²) in [5.74, 6) is 0.331. The number of halogens is 2. The molecule has 3 aromatic rings. The molecule has 0 bridgehead atoms. The van der Waals surface area contributed by atoms with Gasteiger partial charge in [0.1, 0.15) is 18.5 Å². The highest BCUT2D eigenvalue weighted by Crippen LogP contribution is 2.30. The number of esters is 1. The maximum Gasteiger partial charge on any atom is 0.320 e. The van der Waals surface area contributed by atoms with Crippen LogP contribution in [0.5, 0.6) is 11.5 Å². The third-order valence-electron chi connectivity index (χ3n) is 4.71. The van der Waals surface area contributed by atoms with Gasteiger partial charge in [0, 0.05) is 17.2 Å². The molecule has 0 aliphatic heterocycles. The maximum atomic E-state index is 12.7. The lowest BCUT2D eigenvalue weighted by atomic mass is 10.1. The number of nitrogens with zero attached hydrogens (tertiary/aromatic N) is 2. The Bertz CT molecular complexity index is 1240. The summed E-state index contributed by atoms with van der Waals surface area (Å²) in [4.78, 5) is 28.5. The van der Waals surface area contributed by atoms with Crippen LogP contribution in [0, 0.1) is 0 Å². The van der Waals surface area contributed by atoms with Crippen molar-refractivity contribution in [3.8, 4) is 17.2 Å². The lowest BCUT2D eigenvalue weighted by Crippen LogP contribution is -2.37. The lowest BCUT2D eigenvalue weighted by molar-refractivity contribution is -0.157.